The van der Waals surface area contributed by atoms with Crippen LogP contribution >= 0.6 is 0 Å². The molecule has 15 heavy (non-hydrogen) atoms. The summed E-state index contributed by atoms with van der Waals surface area (Å²) in [5, 5.41) is 0. The Morgan fingerprint density at radius 2 is 1.93 bits per heavy atom. The summed E-state index contributed by atoms with van der Waals surface area (Å²) in [5.74, 6) is -0.235. The van der Waals surface area contributed by atoms with Gasteiger partial charge in [-0.1, -0.05) is 13.3 Å². The summed E-state index contributed by atoms with van der Waals surface area (Å²) in [6.07, 6.45) is 6.43. The molecule has 86 valence electrons. The molecule has 1 aliphatic rings. The van der Waals surface area contributed by atoms with Crippen molar-refractivity contribution in [3.05, 3.63) is 11.3 Å². The van der Waals surface area contributed by atoms with Crippen molar-refractivity contribution in [1.82, 2.24) is 0 Å². The molecule has 0 radical (unpaired) electrons. The van der Waals surface area contributed by atoms with Crippen LogP contribution in [0.4, 0.5) is 0 Å². The lowest BCUT2D eigenvalue weighted by Gasteiger charge is -2.22. The minimum atomic E-state index is -0.235. The smallest absolute Gasteiger partial charge is 0.335 e. The molecule has 0 aromatic rings. The summed E-state index contributed by atoms with van der Waals surface area (Å²) >= 11 is 0. The maximum Gasteiger partial charge on any atom is 0.335 e. The number of hydrogen-bond donors (Lipinski definition) is 1. The second kappa shape index (κ2) is 5.79. The fourth-order valence-electron chi connectivity index (χ4n) is 1.82. The predicted molar refractivity (Wildman–Crippen MR) is 60.1 cm³/mol. The normalized spacial score (nSPS) is 19.6. The summed E-state index contributed by atoms with van der Waals surface area (Å²) in [6.45, 7) is 3.68. The molecule has 0 aromatic heterocycles. The van der Waals surface area contributed by atoms with Crippen molar-refractivity contribution in [2.75, 3.05) is 0 Å². The van der Waals surface area contributed by atoms with Gasteiger partial charge >= 0.3 is 5.97 Å². The van der Waals surface area contributed by atoms with Gasteiger partial charge in [-0.2, -0.15) is 0 Å². The highest BCUT2D eigenvalue weighted by Crippen LogP contribution is 2.21. The summed E-state index contributed by atoms with van der Waals surface area (Å²) in [4.78, 5) is 11.7. The quantitative estimate of drug-likeness (QED) is 0.576. The Kier molecular flexibility index (Phi) is 4.66. The highest BCUT2D eigenvalue weighted by atomic mass is 16.5. The Bertz CT molecular complexity index is 252. The number of allylic oxidation sites excluding steroid dienone is 1. The summed E-state index contributed by atoms with van der Waals surface area (Å²) in [7, 11) is 0. The maximum atomic E-state index is 11.7. The number of rotatable bonds is 3. The lowest BCUT2D eigenvalue weighted by atomic mass is 9.98. The van der Waals surface area contributed by atoms with Crippen molar-refractivity contribution in [2.24, 2.45) is 5.73 Å². The monoisotopic (exact) mass is 211 g/mol. The number of nitrogens with two attached hydrogens (primary N) is 1. The molecule has 0 heterocycles. The van der Waals surface area contributed by atoms with Gasteiger partial charge in [0.2, 0.25) is 0 Å². The van der Waals surface area contributed by atoms with Gasteiger partial charge in [-0.15, -0.1) is 0 Å². The molecule has 3 heteroatoms. The van der Waals surface area contributed by atoms with Crippen molar-refractivity contribution < 1.29 is 9.53 Å². The standard InChI is InChI=1S/C12H21NO2/c1-3-11(13)9(2)12(14)15-10-7-5-4-6-8-10/h10H,3-8,13H2,1-2H3. The first-order valence-corrected chi connectivity index (χ1v) is 5.81. The van der Waals surface area contributed by atoms with E-state index in [-0.39, 0.29) is 12.1 Å². The average Bonchev–Trinajstić information content (AvgIpc) is 2.28. The predicted octanol–water partition coefficient (Wildman–Crippen LogP) is 2.51. The molecule has 0 bridgehead atoms. The van der Waals surface area contributed by atoms with Crippen molar-refractivity contribution in [2.45, 2.75) is 58.5 Å². The molecule has 1 rings (SSSR count). The lowest BCUT2D eigenvalue weighted by molar-refractivity contribution is -0.145. The van der Waals surface area contributed by atoms with Crippen LogP contribution in [-0.2, 0) is 9.53 Å². The summed E-state index contributed by atoms with van der Waals surface area (Å²) in [6, 6.07) is 0. The van der Waals surface area contributed by atoms with Gasteiger partial charge in [0.15, 0.2) is 0 Å². The van der Waals surface area contributed by atoms with E-state index < -0.39 is 0 Å². The number of carbonyl (C=O) groups excluding carboxylic acids is 1. The first kappa shape index (κ1) is 12.1. The third-order valence-corrected chi connectivity index (χ3v) is 2.99. The van der Waals surface area contributed by atoms with Gasteiger partial charge in [-0.25, -0.2) is 4.79 Å². The Hall–Kier alpha value is -0.990. The molecule has 1 fully saturated rings. The van der Waals surface area contributed by atoms with Crippen LogP contribution in [0.5, 0.6) is 0 Å². The Morgan fingerprint density at radius 3 is 2.47 bits per heavy atom. The van der Waals surface area contributed by atoms with Crippen LogP contribution in [0.3, 0.4) is 0 Å². The van der Waals surface area contributed by atoms with Gasteiger partial charge in [0.05, 0.1) is 5.57 Å². The van der Waals surface area contributed by atoms with E-state index in [9.17, 15) is 4.79 Å². The highest BCUT2D eigenvalue weighted by molar-refractivity contribution is 5.88. The molecule has 0 saturated heterocycles. The lowest BCUT2D eigenvalue weighted by Crippen LogP contribution is -2.22. The van der Waals surface area contributed by atoms with Crippen molar-refractivity contribution in [1.29, 1.82) is 0 Å². The first-order chi connectivity index (χ1) is 7.15. The van der Waals surface area contributed by atoms with Crippen molar-refractivity contribution >= 4 is 5.97 Å². The van der Waals surface area contributed by atoms with Gasteiger partial charge in [-0.3, -0.25) is 0 Å². The molecule has 0 spiro atoms. The largest absolute Gasteiger partial charge is 0.459 e. The number of ether oxygens (including phenoxy) is 1. The van der Waals surface area contributed by atoms with Crippen LogP contribution in [0.1, 0.15) is 52.4 Å². The third kappa shape index (κ3) is 3.57. The van der Waals surface area contributed by atoms with E-state index in [1.165, 1.54) is 19.3 Å². The second-order valence-electron chi connectivity index (χ2n) is 4.17. The van der Waals surface area contributed by atoms with Gasteiger partial charge in [0, 0.05) is 5.70 Å². The van der Waals surface area contributed by atoms with E-state index in [0.717, 1.165) is 12.8 Å². The van der Waals surface area contributed by atoms with Gasteiger partial charge in [0.25, 0.3) is 0 Å². The molecule has 0 unspecified atom stereocenters. The molecular formula is C12H21NO2. The highest BCUT2D eigenvalue weighted by Gasteiger charge is 2.19. The Labute approximate surface area is 91.7 Å². The number of carbonyl (C=O) groups is 1. The van der Waals surface area contributed by atoms with Crippen LogP contribution in [0.15, 0.2) is 11.3 Å². The van der Waals surface area contributed by atoms with Crippen LogP contribution in [-0.4, -0.2) is 12.1 Å². The Morgan fingerprint density at radius 1 is 1.33 bits per heavy atom. The molecule has 0 aromatic carbocycles. The van der Waals surface area contributed by atoms with Crippen molar-refractivity contribution in [3.63, 3.8) is 0 Å². The van der Waals surface area contributed by atoms with E-state index in [1.807, 2.05) is 6.92 Å². The SMILES string of the molecule is CCC(N)=C(C)C(=O)OC1CCCCC1. The van der Waals surface area contributed by atoms with Crippen LogP contribution in [0.25, 0.3) is 0 Å². The molecule has 1 saturated carbocycles. The minimum absolute atomic E-state index is 0.117. The topological polar surface area (TPSA) is 52.3 Å². The molecule has 0 atom stereocenters. The first-order valence-electron chi connectivity index (χ1n) is 5.81. The minimum Gasteiger partial charge on any atom is -0.459 e. The molecule has 3 nitrogen and oxygen atoms in total. The molecule has 0 amide bonds. The molecule has 2 N–H and O–H groups in total. The van der Waals surface area contributed by atoms with Crippen LogP contribution in [0.2, 0.25) is 0 Å². The van der Waals surface area contributed by atoms with Gasteiger partial charge < -0.3 is 10.5 Å². The maximum absolute atomic E-state index is 11.7. The van der Waals surface area contributed by atoms with E-state index >= 15 is 0 Å². The van der Waals surface area contributed by atoms with Gasteiger partial charge in [0.1, 0.15) is 6.10 Å². The zero-order valence-electron chi connectivity index (χ0n) is 9.71. The Balaban J connectivity index is 2.47. The fourth-order valence-corrected chi connectivity index (χ4v) is 1.82. The van der Waals surface area contributed by atoms with Gasteiger partial charge in [-0.05, 0) is 39.0 Å². The average molecular weight is 211 g/mol. The fraction of sp³-hybridized carbons (Fsp3) is 0.750. The molecule has 0 aliphatic heterocycles. The third-order valence-electron chi connectivity index (χ3n) is 2.99. The van der Waals surface area contributed by atoms with E-state index in [4.69, 9.17) is 10.5 Å². The summed E-state index contributed by atoms with van der Waals surface area (Å²) < 4.78 is 5.40. The molecular weight excluding hydrogens is 190 g/mol. The zero-order chi connectivity index (χ0) is 11.3. The number of esters is 1. The zero-order valence-corrected chi connectivity index (χ0v) is 9.71. The summed E-state index contributed by atoms with van der Waals surface area (Å²) in [5.41, 5.74) is 6.91. The second-order valence-corrected chi connectivity index (χ2v) is 4.17. The number of hydrogen-bond acceptors (Lipinski definition) is 3. The van der Waals surface area contributed by atoms with E-state index in [0.29, 0.717) is 17.7 Å². The van der Waals surface area contributed by atoms with Crippen LogP contribution in [0, 0.1) is 0 Å². The van der Waals surface area contributed by atoms with Crippen LogP contribution < -0.4 is 5.73 Å². The van der Waals surface area contributed by atoms with E-state index in [2.05, 4.69) is 0 Å². The van der Waals surface area contributed by atoms with E-state index in [1.54, 1.807) is 6.92 Å². The van der Waals surface area contributed by atoms with Crippen molar-refractivity contribution in [3.8, 4) is 0 Å². The molecule has 1 aliphatic carbocycles.